The first-order chi connectivity index (χ1) is 10.1. The van der Waals surface area contributed by atoms with E-state index in [0.717, 1.165) is 17.5 Å². The maximum Gasteiger partial charge on any atom is 0.251 e. The van der Waals surface area contributed by atoms with Gasteiger partial charge in [-0.25, -0.2) is 0 Å². The van der Waals surface area contributed by atoms with E-state index in [-0.39, 0.29) is 11.9 Å². The van der Waals surface area contributed by atoms with Crippen LogP contribution >= 0.6 is 11.6 Å². The number of hydrogen-bond acceptors (Lipinski definition) is 2. The smallest absolute Gasteiger partial charge is 0.251 e. The van der Waals surface area contributed by atoms with Gasteiger partial charge in [0, 0.05) is 10.6 Å². The number of halogens is 1. The van der Waals surface area contributed by atoms with Gasteiger partial charge in [-0.1, -0.05) is 35.9 Å². The molecule has 0 aliphatic heterocycles. The van der Waals surface area contributed by atoms with Crippen molar-refractivity contribution in [2.75, 3.05) is 6.54 Å². The second-order valence-electron chi connectivity index (χ2n) is 4.98. The van der Waals surface area contributed by atoms with E-state index in [1.807, 2.05) is 55.5 Å². The highest BCUT2D eigenvalue weighted by atomic mass is 35.5. The SMILES string of the molecule is CC(NC(=O)c1ccc(CCN)cc1)c1ccc(Cl)cc1. The number of amides is 1. The minimum atomic E-state index is -0.0863. The Morgan fingerprint density at radius 3 is 2.33 bits per heavy atom. The molecule has 0 saturated heterocycles. The average Bonchev–Trinajstić information content (AvgIpc) is 2.49. The number of benzene rings is 2. The van der Waals surface area contributed by atoms with Crippen molar-refractivity contribution in [3.63, 3.8) is 0 Å². The normalized spacial score (nSPS) is 12.0. The van der Waals surface area contributed by atoms with Crippen LogP contribution in [0.5, 0.6) is 0 Å². The minimum absolute atomic E-state index is 0.0708. The van der Waals surface area contributed by atoms with Gasteiger partial charge in [-0.3, -0.25) is 4.79 Å². The van der Waals surface area contributed by atoms with Crippen molar-refractivity contribution in [2.45, 2.75) is 19.4 Å². The summed E-state index contributed by atoms with van der Waals surface area (Å²) in [6.45, 7) is 2.56. The van der Waals surface area contributed by atoms with E-state index in [2.05, 4.69) is 5.32 Å². The van der Waals surface area contributed by atoms with Crippen LogP contribution in [0.1, 0.15) is 34.5 Å². The van der Waals surface area contributed by atoms with Crippen LogP contribution in [-0.2, 0) is 6.42 Å². The molecule has 0 bridgehead atoms. The highest BCUT2D eigenvalue weighted by molar-refractivity contribution is 6.30. The molecule has 1 atom stereocenters. The largest absolute Gasteiger partial charge is 0.346 e. The molecule has 0 heterocycles. The van der Waals surface area contributed by atoms with Gasteiger partial charge in [-0.05, 0) is 55.3 Å². The summed E-state index contributed by atoms with van der Waals surface area (Å²) in [6, 6.07) is 14.9. The summed E-state index contributed by atoms with van der Waals surface area (Å²) in [4.78, 5) is 12.2. The van der Waals surface area contributed by atoms with Crippen LogP contribution in [-0.4, -0.2) is 12.5 Å². The van der Waals surface area contributed by atoms with E-state index < -0.39 is 0 Å². The Hall–Kier alpha value is -1.84. The van der Waals surface area contributed by atoms with E-state index in [1.165, 1.54) is 0 Å². The molecule has 21 heavy (non-hydrogen) atoms. The Kier molecular flexibility index (Phi) is 5.37. The third-order valence-electron chi connectivity index (χ3n) is 3.37. The van der Waals surface area contributed by atoms with Crippen molar-refractivity contribution < 1.29 is 4.79 Å². The Bertz CT molecular complexity index is 593. The minimum Gasteiger partial charge on any atom is -0.346 e. The molecule has 110 valence electrons. The molecule has 3 N–H and O–H groups in total. The topological polar surface area (TPSA) is 55.1 Å². The number of nitrogens with one attached hydrogen (secondary N) is 1. The first-order valence-electron chi connectivity index (χ1n) is 6.95. The van der Waals surface area contributed by atoms with Crippen LogP contribution in [0.15, 0.2) is 48.5 Å². The predicted molar refractivity (Wildman–Crippen MR) is 86.5 cm³/mol. The van der Waals surface area contributed by atoms with Gasteiger partial charge in [0.05, 0.1) is 6.04 Å². The van der Waals surface area contributed by atoms with Crippen molar-refractivity contribution >= 4 is 17.5 Å². The van der Waals surface area contributed by atoms with Crippen LogP contribution < -0.4 is 11.1 Å². The summed E-state index contributed by atoms with van der Waals surface area (Å²) in [5.41, 5.74) is 8.32. The highest BCUT2D eigenvalue weighted by Crippen LogP contribution is 2.16. The molecule has 2 rings (SSSR count). The molecule has 0 fully saturated rings. The van der Waals surface area contributed by atoms with E-state index in [4.69, 9.17) is 17.3 Å². The van der Waals surface area contributed by atoms with Gasteiger partial charge in [0.15, 0.2) is 0 Å². The number of hydrogen-bond donors (Lipinski definition) is 2. The van der Waals surface area contributed by atoms with Crippen LogP contribution in [0.4, 0.5) is 0 Å². The van der Waals surface area contributed by atoms with E-state index in [1.54, 1.807) is 0 Å². The first kappa shape index (κ1) is 15.5. The van der Waals surface area contributed by atoms with E-state index >= 15 is 0 Å². The Morgan fingerprint density at radius 1 is 1.14 bits per heavy atom. The number of nitrogens with two attached hydrogens (primary N) is 1. The first-order valence-corrected chi connectivity index (χ1v) is 7.33. The van der Waals surface area contributed by atoms with E-state index in [0.29, 0.717) is 17.1 Å². The third-order valence-corrected chi connectivity index (χ3v) is 3.62. The number of carbonyl (C=O) groups excluding carboxylic acids is 1. The van der Waals surface area contributed by atoms with Gasteiger partial charge in [0.25, 0.3) is 5.91 Å². The molecular weight excluding hydrogens is 284 g/mol. The van der Waals surface area contributed by atoms with Gasteiger partial charge in [-0.15, -0.1) is 0 Å². The van der Waals surface area contributed by atoms with Crippen molar-refractivity contribution in [3.8, 4) is 0 Å². The lowest BCUT2D eigenvalue weighted by molar-refractivity contribution is 0.0940. The van der Waals surface area contributed by atoms with Crippen LogP contribution in [0.2, 0.25) is 5.02 Å². The Morgan fingerprint density at radius 2 is 1.76 bits per heavy atom. The summed E-state index contributed by atoms with van der Waals surface area (Å²) >= 11 is 5.86. The summed E-state index contributed by atoms with van der Waals surface area (Å²) < 4.78 is 0. The molecule has 0 aliphatic carbocycles. The molecule has 0 spiro atoms. The van der Waals surface area contributed by atoms with Crippen molar-refractivity contribution in [1.29, 1.82) is 0 Å². The standard InChI is InChI=1S/C17H19ClN2O/c1-12(14-6-8-16(18)9-7-14)20-17(21)15-4-2-13(3-5-15)10-11-19/h2-9,12H,10-11,19H2,1H3,(H,20,21). The van der Waals surface area contributed by atoms with Gasteiger partial charge in [0.2, 0.25) is 0 Å². The monoisotopic (exact) mass is 302 g/mol. The van der Waals surface area contributed by atoms with Gasteiger partial charge in [-0.2, -0.15) is 0 Å². The second kappa shape index (κ2) is 7.25. The van der Waals surface area contributed by atoms with Crippen LogP contribution in [0.25, 0.3) is 0 Å². The molecule has 1 amide bonds. The Labute approximate surface area is 130 Å². The zero-order valence-electron chi connectivity index (χ0n) is 12.0. The van der Waals surface area contributed by atoms with Gasteiger partial charge >= 0.3 is 0 Å². The molecule has 0 aliphatic rings. The van der Waals surface area contributed by atoms with Gasteiger partial charge < -0.3 is 11.1 Å². The summed E-state index contributed by atoms with van der Waals surface area (Å²) in [5.74, 6) is -0.0863. The average molecular weight is 303 g/mol. The number of carbonyl (C=O) groups is 1. The molecule has 1 unspecified atom stereocenters. The zero-order valence-corrected chi connectivity index (χ0v) is 12.7. The molecule has 0 saturated carbocycles. The summed E-state index contributed by atoms with van der Waals surface area (Å²) in [6.07, 6.45) is 0.822. The second-order valence-corrected chi connectivity index (χ2v) is 5.42. The molecule has 0 radical (unpaired) electrons. The van der Waals surface area contributed by atoms with Crippen molar-refractivity contribution in [2.24, 2.45) is 5.73 Å². The quantitative estimate of drug-likeness (QED) is 0.890. The fourth-order valence-electron chi connectivity index (χ4n) is 2.10. The molecule has 0 aromatic heterocycles. The molecule has 2 aromatic carbocycles. The number of rotatable bonds is 5. The van der Waals surface area contributed by atoms with E-state index in [9.17, 15) is 4.79 Å². The zero-order chi connectivity index (χ0) is 15.2. The summed E-state index contributed by atoms with van der Waals surface area (Å²) in [7, 11) is 0. The predicted octanol–water partition coefficient (Wildman–Crippen LogP) is 3.33. The lowest BCUT2D eigenvalue weighted by Crippen LogP contribution is -2.26. The lowest BCUT2D eigenvalue weighted by atomic mass is 10.1. The highest BCUT2D eigenvalue weighted by Gasteiger charge is 2.11. The van der Waals surface area contributed by atoms with Gasteiger partial charge in [0.1, 0.15) is 0 Å². The fraction of sp³-hybridized carbons (Fsp3) is 0.235. The maximum atomic E-state index is 12.2. The summed E-state index contributed by atoms with van der Waals surface area (Å²) in [5, 5.41) is 3.66. The van der Waals surface area contributed by atoms with Crippen molar-refractivity contribution in [3.05, 3.63) is 70.2 Å². The molecule has 4 heteroatoms. The molecular formula is C17H19ClN2O. The van der Waals surface area contributed by atoms with Crippen molar-refractivity contribution in [1.82, 2.24) is 5.32 Å². The lowest BCUT2D eigenvalue weighted by Gasteiger charge is -2.14. The fourth-order valence-corrected chi connectivity index (χ4v) is 2.23. The van der Waals surface area contributed by atoms with Crippen LogP contribution in [0.3, 0.4) is 0 Å². The Balaban J connectivity index is 2.01. The third kappa shape index (κ3) is 4.31. The molecule has 2 aromatic rings. The van der Waals surface area contributed by atoms with Crippen LogP contribution in [0, 0.1) is 0 Å². The molecule has 3 nitrogen and oxygen atoms in total. The maximum absolute atomic E-state index is 12.2.